The molecule has 0 fully saturated rings. The molecule has 0 bridgehead atoms. The standard InChI is InChI=1S/C43H39N/c1-3-29(43-28(2)16-8-5-4-6-13-25-44-43)26-36-37-27-32-19-11-12-22-33(32)40(37)42-35-24-15-21-30-20-14-23-34(38(30)35)41(42)39(36)31-17-9-7-10-18-31/h3-5,7-9,11-14,16-17,19,22-26,28,30H,1,6,10,15,18,20-21,27H2,2H3/b5-4-,16-8-,25-13-,29-26+,44-43-/t28?,30-/m0/s1. The molecule has 0 N–H and O–H groups in total. The van der Waals surface area contributed by atoms with Crippen molar-refractivity contribution in [1.29, 1.82) is 0 Å². The van der Waals surface area contributed by atoms with Gasteiger partial charge in [0, 0.05) is 12.1 Å². The van der Waals surface area contributed by atoms with Crippen molar-refractivity contribution in [3.05, 3.63) is 154 Å². The van der Waals surface area contributed by atoms with Crippen LogP contribution in [-0.2, 0) is 6.42 Å². The van der Waals surface area contributed by atoms with E-state index in [9.17, 15) is 0 Å². The summed E-state index contributed by atoms with van der Waals surface area (Å²) in [6.45, 7) is 6.59. The van der Waals surface area contributed by atoms with Crippen LogP contribution < -0.4 is 0 Å². The third kappa shape index (κ3) is 4.33. The molecular weight excluding hydrogens is 530 g/mol. The number of allylic oxidation sites excluding steroid dienone is 17. The second kappa shape index (κ2) is 11.2. The quantitative estimate of drug-likeness (QED) is 0.277. The van der Waals surface area contributed by atoms with Crippen LogP contribution >= 0.6 is 0 Å². The second-order valence-electron chi connectivity index (χ2n) is 12.8. The third-order valence-electron chi connectivity index (χ3n) is 10.2. The van der Waals surface area contributed by atoms with Gasteiger partial charge in [-0.25, -0.2) is 0 Å². The van der Waals surface area contributed by atoms with E-state index in [-0.39, 0.29) is 5.92 Å². The summed E-state index contributed by atoms with van der Waals surface area (Å²) in [6, 6.07) is 9.12. The van der Waals surface area contributed by atoms with Crippen LogP contribution in [0.4, 0.5) is 0 Å². The molecule has 1 heterocycles. The lowest BCUT2D eigenvalue weighted by atomic mass is 9.78. The number of rotatable bonds is 4. The first-order chi connectivity index (χ1) is 21.7. The van der Waals surface area contributed by atoms with Crippen LogP contribution in [0.25, 0.3) is 33.9 Å². The number of aliphatic imine (C=N–C) groups is 1. The Bertz CT molecular complexity index is 1900. The lowest BCUT2D eigenvalue weighted by Crippen LogP contribution is -2.12. The van der Waals surface area contributed by atoms with Gasteiger partial charge in [0.05, 0.1) is 5.71 Å². The summed E-state index contributed by atoms with van der Waals surface area (Å²) >= 11 is 0. The van der Waals surface area contributed by atoms with Crippen LogP contribution in [0.2, 0.25) is 0 Å². The molecule has 5 aliphatic carbocycles. The van der Waals surface area contributed by atoms with Crippen LogP contribution in [0.5, 0.6) is 0 Å². The number of fused-ring (bicyclic) bond motifs is 7. The van der Waals surface area contributed by atoms with Crippen molar-refractivity contribution in [3.8, 4) is 11.1 Å². The minimum atomic E-state index is 0.159. The zero-order chi connectivity index (χ0) is 29.6. The maximum Gasteiger partial charge on any atom is 0.0541 e. The highest BCUT2D eigenvalue weighted by Gasteiger charge is 2.41. The van der Waals surface area contributed by atoms with Gasteiger partial charge in [0.15, 0.2) is 0 Å². The summed E-state index contributed by atoms with van der Waals surface area (Å²) in [5, 5.41) is 0. The van der Waals surface area contributed by atoms with Gasteiger partial charge in [-0.05, 0) is 129 Å². The van der Waals surface area contributed by atoms with Crippen LogP contribution in [-0.4, -0.2) is 5.71 Å². The molecule has 0 saturated heterocycles. The minimum Gasteiger partial charge on any atom is -0.260 e. The normalized spacial score (nSPS) is 26.4. The molecule has 1 unspecified atom stereocenters. The summed E-state index contributed by atoms with van der Waals surface area (Å²) in [5.74, 6) is 0.780. The zero-order valence-electron chi connectivity index (χ0n) is 25.7. The smallest absolute Gasteiger partial charge is 0.0541 e. The fourth-order valence-electron chi connectivity index (χ4n) is 8.25. The average molecular weight is 570 g/mol. The van der Waals surface area contributed by atoms with Crippen molar-refractivity contribution < 1.29 is 0 Å². The molecule has 2 aromatic rings. The van der Waals surface area contributed by atoms with E-state index in [1.54, 1.807) is 5.57 Å². The first-order valence-corrected chi connectivity index (χ1v) is 16.4. The molecule has 216 valence electrons. The van der Waals surface area contributed by atoms with Crippen molar-refractivity contribution in [2.45, 2.75) is 51.9 Å². The summed E-state index contributed by atoms with van der Waals surface area (Å²) in [5.41, 5.74) is 19.7. The molecule has 0 amide bonds. The molecule has 0 aromatic heterocycles. The second-order valence-corrected chi connectivity index (χ2v) is 12.8. The van der Waals surface area contributed by atoms with Crippen LogP contribution in [0.3, 0.4) is 0 Å². The highest BCUT2D eigenvalue weighted by atomic mass is 14.7. The fraction of sp³-hybridized carbons (Fsp3) is 0.233. The average Bonchev–Trinajstić information content (AvgIpc) is 3.61. The maximum atomic E-state index is 5.05. The third-order valence-corrected chi connectivity index (χ3v) is 10.2. The Labute approximate surface area is 262 Å². The van der Waals surface area contributed by atoms with Gasteiger partial charge < -0.3 is 0 Å². The summed E-state index contributed by atoms with van der Waals surface area (Å²) in [7, 11) is 0. The Hall–Kier alpha value is -4.49. The van der Waals surface area contributed by atoms with Gasteiger partial charge in [0.25, 0.3) is 0 Å². The molecule has 0 radical (unpaired) electrons. The van der Waals surface area contributed by atoms with E-state index in [0.29, 0.717) is 5.92 Å². The molecule has 8 rings (SSSR count). The Kier molecular flexibility index (Phi) is 6.90. The lowest BCUT2D eigenvalue weighted by molar-refractivity contribution is 0.575. The molecule has 0 saturated carbocycles. The first kappa shape index (κ1) is 27.1. The number of hydrogen-bond acceptors (Lipinski definition) is 1. The summed E-state index contributed by atoms with van der Waals surface area (Å²) < 4.78 is 0. The Morgan fingerprint density at radius 1 is 0.955 bits per heavy atom. The van der Waals surface area contributed by atoms with Crippen molar-refractivity contribution in [2.75, 3.05) is 0 Å². The van der Waals surface area contributed by atoms with E-state index in [4.69, 9.17) is 4.99 Å². The molecular formula is C43H39N. The van der Waals surface area contributed by atoms with Crippen molar-refractivity contribution in [2.24, 2.45) is 16.8 Å². The Morgan fingerprint density at radius 3 is 2.77 bits per heavy atom. The summed E-state index contributed by atoms with van der Waals surface area (Å²) in [6.07, 6.45) is 39.2. The minimum absolute atomic E-state index is 0.159. The summed E-state index contributed by atoms with van der Waals surface area (Å²) in [4.78, 5) is 5.05. The molecule has 44 heavy (non-hydrogen) atoms. The Balaban J connectivity index is 1.47. The number of benzene rings is 2. The van der Waals surface area contributed by atoms with Gasteiger partial charge in [-0.15, -0.1) is 0 Å². The Morgan fingerprint density at radius 2 is 1.89 bits per heavy atom. The van der Waals surface area contributed by atoms with Gasteiger partial charge in [0.2, 0.25) is 0 Å². The van der Waals surface area contributed by atoms with Crippen molar-refractivity contribution in [3.63, 3.8) is 0 Å². The topological polar surface area (TPSA) is 12.4 Å². The van der Waals surface area contributed by atoms with Crippen molar-refractivity contribution in [1.82, 2.24) is 0 Å². The van der Waals surface area contributed by atoms with Gasteiger partial charge in [-0.1, -0.05) is 111 Å². The van der Waals surface area contributed by atoms with E-state index < -0.39 is 0 Å². The molecule has 2 aromatic carbocycles. The van der Waals surface area contributed by atoms with Crippen molar-refractivity contribution >= 4 is 28.5 Å². The predicted molar refractivity (Wildman–Crippen MR) is 189 cm³/mol. The van der Waals surface area contributed by atoms with E-state index in [0.717, 1.165) is 49.8 Å². The van der Waals surface area contributed by atoms with E-state index >= 15 is 0 Å². The van der Waals surface area contributed by atoms with Gasteiger partial charge in [-0.2, -0.15) is 0 Å². The van der Waals surface area contributed by atoms with Crippen LogP contribution in [0.1, 0.15) is 78.8 Å². The number of nitrogens with zero attached hydrogens (tertiary/aromatic N) is 1. The van der Waals surface area contributed by atoms with Crippen LogP contribution in [0.15, 0.2) is 126 Å². The first-order valence-electron chi connectivity index (χ1n) is 16.4. The van der Waals surface area contributed by atoms with E-state index in [2.05, 4.69) is 111 Å². The zero-order valence-corrected chi connectivity index (χ0v) is 25.7. The molecule has 1 aliphatic heterocycles. The van der Waals surface area contributed by atoms with Gasteiger partial charge in [0.1, 0.15) is 0 Å². The van der Waals surface area contributed by atoms with Crippen LogP contribution in [0, 0.1) is 11.8 Å². The number of hydrogen-bond donors (Lipinski definition) is 0. The van der Waals surface area contributed by atoms with E-state index in [1.165, 1.54) is 67.6 Å². The monoisotopic (exact) mass is 569 g/mol. The maximum absolute atomic E-state index is 5.05. The SMILES string of the molecule is C=CC(=C\c1c2c(c3c(c1C1=CC=CCC1)C1=C4C3=CCC[C@@H]4CC=C1)-c1ccccc1C2)/C1=N\C=C/C/C=C\C=C/C1C. The molecule has 0 spiro atoms. The molecule has 1 heteroatoms. The highest BCUT2D eigenvalue weighted by molar-refractivity contribution is 6.15. The predicted octanol–water partition coefficient (Wildman–Crippen LogP) is 11.2. The largest absolute Gasteiger partial charge is 0.260 e. The molecule has 2 atom stereocenters. The van der Waals surface area contributed by atoms with Gasteiger partial charge >= 0.3 is 0 Å². The highest BCUT2D eigenvalue weighted by Crippen LogP contribution is 2.59. The van der Waals surface area contributed by atoms with Gasteiger partial charge in [-0.3, -0.25) is 4.99 Å². The molecule has 1 nitrogen and oxygen atoms in total. The lowest BCUT2D eigenvalue weighted by Gasteiger charge is -2.26. The molecule has 6 aliphatic rings. The fourth-order valence-corrected chi connectivity index (χ4v) is 8.25. The van der Waals surface area contributed by atoms with E-state index in [1.807, 2.05) is 12.3 Å².